The normalized spacial score (nSPS) is 13.3. The number of carbonyl (C=O) groups excluding carboxylic acids is 1. The quantitative estimate of drug-likeness (QED) is 0.727. The van der Waals surface area contributed by atoms with E-state index in [-0.39, 0.29) is 17.2 Å². The summed E-state index contributed by atoms with van der Waals surface area (Å²) in [6.07, 6.45) is 1.85. The topological polar surface area (TPSA) is 20.3 Å². The summed E-state index contributed by atoms with van der Waals surface area (Å²) in [6.45, 7) is 15.4. The van der Waals surface area contributed by atoms with Gasteiger partial charge in [0.1, 0.15) is 5.78 Å². The van der Waals surface area contributed by atoms with Crippen LogP contribution in [0.2, 0.25) is 0 Å². The molecule has 0 N–H and O–H groups in total. The Bertz CT molecular complexity index is 453. The van der Waals surface area contributed by atoms with Gasteiger partial charge in [-0.25, -0.2) is 0 Å². The molecule has 0 aliphatic carbocycles. The summed E-state index contributed by atoms with van der Waals surface area (Å²) in [5.74, 6) is 0.185. The number of carbonyl (C=O) groups is 1. The first-order valence-corrected chi connectivity index (χ1v) is 7.20. The highest BCUT2D eigenvalue weighted by atomic mass is 16.1. The van der Waals surface area contributed by atoms with Crippen molar-refractivity contribution in [2.45, 2.75) is 46.1 Å². The lowest BCUT2D eigenvalue weighted by atomic mass is 9.86. The molecule has 0 aromatic heterocycles. The second-order valence-corrected chi connectivity index (χ2v) is 6.47. The molecule has 0 amide bonds. The van der Waals surface area contributed by atoms with E-state index in [2.05, 4.69) is 63.4 Å². The standard InChI is InChI=1S/C18H27NO/c1-7-12-19(13-14(2)20)15(3)16-8-10-17(11-9-16)18(4,5)6/h7-11,15H,1,12-13H2,2-6H3. The molecule has 0 heterocycles. The maximum Gasteiger partial charge on any atom is 0.143 e. The average molecular weight is 273 g/mol. The van der Waals surface area contributed by atoms with Crippen molar-refractivity contribution in [1.82, 2.24) is 4.90 Å². The van der Waals surface area contributed by atoms with E-state index in [1.165, 1.54) is 11.1 Å². The maximum atomic E-state index is 11.4. The number of hydrogen-bond donors (Lipinski definition) is 0. The Morgan fingerprint density at radius 3 is 2.25 bits per heavy atom. The van der Waals surface area contributed by atoms with Gasteiger partial charge in [0.2, 0.25) is 0 Å². The zero-order valence-corrected chi connectivity index (χ0v) is 13.4. The van der Waals surface area contributed by atoms with Crippen LogP contribution in [-0.2, 0) is 10.2 Å². The van der Waals surface area contributed by atoms with Gasteiger partial charge in [-0.2, -0.15) is 0 Å². The minimum absolute atomic E-state index is 0.169. The van der Waals surface area contributed by atoms with Gasteiger partial charge in [0.15, 0.2) is 0 Å². The van der Waals surface area contributed by atoms with Crippen molar-refractivity contribution in [2.24, 2.45) is 0 Å². The Kier molecular flexibility index (Phi) is 5.70. The molecule has 0 fully saturated rings. The van der Waals surface area contributed by atoms with Gasteiger partial charge in [0, 0.05) is 12.6 Å². The molecule has 1 aromatic carbocycles. The van der Waals surface area contributed by atoms with Gasteiger partial charge in [-0.05, 0) is 30.4 Å². The lowest BCUT2D eigenvalue weighted by Gasteiger charge is -2.28. The Balaban J connectivity index is 2.91. The van der Waals surface area contributed by atoms with Gasteiger partial charge in [0.05, 0.1) is 6.54 Å². The number of ketones is 1. The van der Waals surface area contributed by atoms with Gasteiger partial charge >= 0.3 is 0 Å². The van der Waals surface area contributed by atoms with Gasteiger partial charge in [-0.3, -0.25) is 9.69 Å². The summed E-state index contributed by atoms with van der Waals surface area (Å²) in [6, 6.07) is 8.92. The molecule has 1 aromatic rings. The lowest BCUT2D eigenvalue weighted by Crippen LogP contribution is -2.31. The van der Waals surface area contributed by atoms with E-state index < -0.39 is 0 Å². The van der Waals surface area contributed by atoms with Crippen LogP contribution in [0.1, 0.15) is 51.8 Å². The molecule has 2 heteroatoms. The summed E-state index contributed by atoms with van der Waals surface area (Å²) in [7, 11) is 0. The number of Topliss-reactive ketones (excluding diaryl/α,β-unsaturated/α-hetero) is 1. The van der Waals surface area contributed by atoms with Crippen molar-refractivity contribution in [2.75, 3.05) is 13.1 Å². The Morgan fingerprint density at radius 1 is 1.30 bits per heavy atom. The van der Waals surface area contributed by atoms with Crippen LogP contribution in [0.15, 0.2) is 36.9 Å². The fourth-order valence-electron chi connectivity index (χ4n) is 2.28. The van der Waals surface area contributed by atoms with E-state index in [9.17, 15) is 4.79 Å². The summed E-state index contributed by atoms with van der Waals surface area (Å²) >= 11 is 0. The molecule has 20 heavy (non-hydrogen) atoms. The number of rotatable bonds is 6. The Labute approximate surface area is 123 Å². The number of hydrogen-bond acceptors (Lipinski definition) is 2. The molecule has 0 saturated heterocycles. The van der Waals surface area contributed by atoms with Crippen LogP contribution in [0, 0.1) is 0 Å². The predicted octanol–water partition coefficient (Wildman–Crippen LogP) is 4.12. The van der Waals surface area contributed by atoms with Crippen LogP contribution >= 0.6 is 0 Å². The fourth-order valence-corrected chi connectivity index (χ4v) is 2.28. The highest BCUT2D eigenvalue weighted by Gasteiger charge is 2.18. The van der Waals surface area contributed by atoms with Crippen molar-refractivity contribution in [3.8, 4) is 0 Å². The largest absolute Gasteiger partial charge is 0.299 e. The van der Waals surface area contributed by atoms with Crippen molar-refractivity contribution in [1.29, 1.82) is 0 Å². The van der Waals surface area contributed by atoms with Crippen LogP contribution in [0.5, 0.6) is 0 Å². The molecule has 0 radical (unpaired) electrons. The van der Waals surface area contributed by atoms with Crippen LogP contribution in [-0.4, -0.2) is 23.8 Å². The molecule has 1 atom stereocenters. The minimum Gasteiger partial charge on any atom is -0.299 e. The lowest BCUT2D eigenvalue weighted by molar-refractivity contribution is -0.118. The Morgan fingerprint density at radius 2 is 1.85 bits per heavy atom. The van der Waals surface area contributed by atoms with Gasteiger partial charge in [0.25, 0.3) is 0 Å². The highest BCUT2D eigenvalue weighted by molar-refractivity contribution is 5.77. The molecule has 1 rings (SSSR count). The molecule has 110 valence electrons. The first-order chi connectivity index (χ1) is 9.25. The van der Waals surface area contributed by atoms with E-state index in [1.807, 2.05) is 6.08 Å². The SMILES string of the molecule is C=CCN(CC(C)=O)C(C)c1ccc(C(C)(C)C)cc1. The molecule has 0 aliphatic heterocycles. The van der Waals surface area contributed by atoms with Crippen LogP contribution in [0.3, 0.4) is 0 Å². The van der Waals surface area contributed by atoms with Gasteiger partial charge < -0.3 is 0 Å². The summed E-state index contributed by atoms with van der Waals surface area (Å²) in [5, 5.41) is 0. The maximum absolute atomic E-state index is 11.4. The van der Waals surface area contributed by atoms with E-state index >= 15 is 0 Å². The molecule has 0 aliphatic rings. The van der Waals surface area contributed by atoms with E-state index in [1.54, 1.807) is 6.92 Å². The second-order valence-electron chi connectivity index (χ2n) is 6.47. The molecule has 1 unspecified atom stereocenters. The third kappa shape index (κ3) is 4.61. The fraction of sp³-hybridized carbons (Fsp3) is 0.500. The van der Waals surface area contributed by atoms with Crippen molar-refractivity contribution < 1.29 is 4.79 Å². The van der Waals surface area contributed by atoms with E-state index in [4.69, 9.17) is 0 Å². The zero-order chi connectivity index (χ0) is 15.3. The van der Waals surface area contributed by atoms with Gasteiger partial charge in [-0.1, -0.05) is 51.1 Å². The monoisotopic (exact) mass is 273 g/mol. The average Bonchev–Trinajstić information content (AvgIpc) is 2.36. The second kappa shape index (κ2) is 6.85. The Hall–Kier alpha value is -1.41. The molecular weight excluding hydrogens is 246 g/mol. The zero-order valence-electron chi connectivity index (χ0n) is 13.4. The van der Waals surface area contributed by atoms with Crippen LogP contribution in [0.25, 0.3) is 0 Å². The highest BCUT2D eigenvalue weighted by Crippen LogP contribution is 2.26. The van der Waals surface area contributed by atoms with Crippen molar-refractivity contribution >= 4 is 5.78 Å². The summed E-state index contributed by atoms with van der Waals surface area (Å²) in [4.78, 5) is 13.5. The number of benzene rings is 1. The predicted molar refractivity (Wildman–Crippen MR) is 86.0 cm³/mol. The van der Waals surface area contributed by atoms with Crippen LogP contribution < -0.4 is 0 Å². The first-order valence-electron chi connectivity index (χ1n) is 7.20. The molecule has 0 bridgehead atoms. The molecule has 0 saturated carbocycles. The van der Waals surface area contributed by atoms with E-state index in [0.717, 1.165) is 6.54 Å². The van der Waals surface area contributed by atoms with Gasteiger partial charge in [-0.15, -0.1) is 6.58 Å². The smallest absolute Gasteiger partial charge is 0.143 e. The van der Waals surface area contributed by atoms with E-state index in [0.29, 0.717) is 6.54 Å². The molecule has 0 spiro atoms. The number of nitrogens with zero attached hydrogens (tertiary/aromatic N) is 1. The third-order valence-corrected chi connectivity index (χ3v) is 3.60. The summed E-state index contributed by atoms with van der Waals surface area (Å²) in [5.41, 5.74) is 2.73. The summed E-state index contributed by atoms with van der Waals surface area (Å²) < 4.78 is 0. The third-order valence-electron chi connectivity index (χ3n) is 3.60. The molecular formula is C18H27NO. The van der Waals surface area contributed by atoms with Crippen molar-refractivity contribution in [3.63, 3.8) is 0 Å². The van der Waals surface area contributed by atoms with Crippen molar-refractivity contribution in [3.05, 3.63) is 48.0 Å². The first kappa shape index (κ1) is 16.6. The minimum atomic E-state index is 0.169. The molecule has 2 nitrogen and oxygen atoms in total. The van der Waals surface area contributed by atoms with Crippen LogP contribution in [0.4, 0.5) is 0 Å².